The molecule has 2 aromatic carbocycles. The summed E-state index contributed by atoms with van der Waals surface area (Å²) >= 11 is 0. The summed E-state index contributed by atoms with van der Waals surface area (Å²) in [5.74, 6) is 0.420. The molecular weight excluding hydrogens is 407 g/mol. The smallest absolute Gasteiger partial charge is 0.240 e. The van der Waals surface area contributed by atoms with Crippen LogP contribution in [0.2, 0.25) is 0 Å². The number of hydrogen-bond donors (Lipinski definition) is 3. The van der Waals surface area contributed by atoms with Crippen molar-refractivity contribution >= 4 is 16.0 Å². The molecule has 0 saturated carbocycles. The Labute approximate surface area is 177 Å². The first-order valence-electron chi connectivity index (χ1n) is 9.78. The van der Waals surface area contributed by atoms with E-state index in [-0.39, 0.29) is 17.3 Å². The number of rotatable bonds is 11. The summed E-state index contributed by atoms with van der Waals surface area (Å²) < 4.78 is 44.7. The molecular formula is C21H29FN4O3S. The maximum atomic E-state index is 13.0. The maximum Gasteiger partial charge on any atom is 0.240 e. The van der Waals surface area contributed by atoms with E-state index in [1.165, 1.54) is 19.2 Å². The quantitative estimate of drug-likeness (QED) is 0.285. The number of sulfonamides is 1. The first kappa shape index (κ1) is 23.8. The molecule has 0 radical (unpaired) electrons. The van der Waals surface area contributed by atoms with Crippen molar-refractivity contribution in [3.05, 3.63) is 65.5 Å². The predicted octanol–water partition coefficient (Wildman–Crippen LogP) is 2.05. The molecule has 7 nitrogen and oxygen atoms in total. The molecule has 0 spiro atoms. The summed E-state index contributed by atoms with van der Waals surface area (Å²) in [7, 11) is -2.03. The summed E-state index contributed by atoms with van der Waals surface area (Å²) in [5, 5.41) is 6.42. The van der Waals surface area contributed by atoms with Gasteiger partial charge in [-0.05, 0) is 48.7 Å². The van der Waals surface area contributed by atoms with Gasteiger partial charge in [0.1, 0.15) is 5.82 Å². The van der Waals surface area contributed by atoms with Gasteiger partial charge in [0.2, 0.25) is 10.0 Å². The Balaban J connectivity index is 1.91. The van der Waals surface area contributed by atoms with Crippen molar-refractivity contribution in [2.24, 2.45) is 4.99 Å². The van der Waals surface area contributed by atoms with Crippen LogP contribution in [0.25, 0.3) is 0 Å². The second-order valence-electron chi connectivity index (χ2n) is 6.53. The van der Waals surface area contributed by atoms with Crippen LogP contribution >= 0.6 is 0 Å². The fourth-order valence-corrected chi connectivity index (χ4v) is 3.64. The molecule has 2 rings (SSSR count). The number of guanidine groups is 1. The van der Waals surface area contributed by atoms with E-state index in [1.807, 2.05) is 6.92 Å². The van der Waals surface area contributed by atoms with E-state index in [4.69, 9.17) is 4.74 Å². The summed E-state index contributed by atoms with van der Waals surface area (Å²) in [5.41, 5.74) is 1.93. The number of aliphatic imine (C=N–C) groups is 1. The van der Waals surface area contributed by atoms with Gasteiger partial charge in [-0.25, -0.2) is 22.5 Å². The van der Waals surface area contributed by atoms with Gasteiger partial charge >= 0.3 is 0 Å². The molecule has 0 aromatic heterocycles. The van der Waals surface area contributed by atoms with Gasteiger partial charge in [-0.15, -0.1) is 0 Å². The number of halogens is 1. The third kappa shape index (κ3) is 8.10. The minimum absolute atomic E-state index is 0.204. The minimum Gasteiger partial charge on any atom is -0.383 e. The Morgan fingerprint density at radius 1 is 1.00 bits per heavy atom. The zero-order valence-electron chi connectivity index (χ0n) is 17.3. The predicted molar refractivity (Wildman–Crippen MR) is 116 cm³/mol. The second-order valence-corrected chi connectivity index (χ2v) is 8.30. The molecule has 9 heteroatoms. The Hall–Kier alpha value is -2.49. The first-order valence-corrected chi connectivity index (χ1v) is 11.3. The van der Waals surface area contributed by atoms with Crippen molar-refractivity contribution in [1.29, 1.82) is 0 Å². The number of hydrogen-bond acceptors (Lipinski definition) is 4. The van der Waals surface area contributed by atoms with Gasteiger partial charge < -0.3 is 15.4 Å². The Bertz CT molecular complexity index is 901. The molecule has 0 aliphatic rings. The van der Waals surface area contributed by atoms with Crippen molar-refractivity contribution in [3.8, 4) is 0 Å². The maximum absolute atomic E-state index is 13.0. The Kier molecular flexibility index (Phi) is 9.72. The highest BCUT2D eigenvalue weighted by Gasteiger charge is 2.12. The van der Waals surface area contributed by atoms with Crippen LogP contribution in [-0.4, -0.2) is 47.7 Å². The second kappa shape index (κ2) is 12.3. The number of methoxy groups -OCH3 is 1. The molecule has 3 N–H and O–H groups in total. The average Bonchev–Trinajstić information content (AvgIpc) is 2.74. The van der Waals surface area contributed by atoms with Gasteiger partial charge in [0.25, 0.3) is 0 Å². The van der Waals surface area contributed by atoms with E-state index >= 15 is 0 Å². The van der Waals surface area contributed by atoms with Crippen molar-refractivity contribution in [3.63, 3.8) is 0 Å². The molecule has 2 aromatic rings. The fourth-order valence-electron chi connectivity index (χ4n) is 2.62. The standard InChI is InChI=1S/C21H29FN4O3S/c1-3-23-21(24-13-12-17-4-8-19(22)9-5-17)25-16-18-6-10-20(11-7-18)30(27,28)26-14-15-29-2/h4-11,26H,3,12-16H2,1-2H3,(H2,23,24,25). The molecule has 164 valence electrons. The van der Waals surface area contributed by atoms with E-state index in [2.05, 4.69) is 20.3 Å². The van der Waals surface area contributed by atoms with Crippen molar-refractivity contribution < 1.29 is 17.5 Å². The Morgan fingerprint density at radius 3 is 2.30 bits per heavy atom. The number of ether oxygens (including phenoxy) is 1. The van der Waals surface area contributed by atoms with Crippen LogP contribution in [0.5, 0.6) is 0 Å². The highest BCUT2D eigenvalue weighted by molar-refractivity contribution is 7.89. The van der Waals surface area contributed by atoms with Gasteiger partial charge in [-0.2, -0.15) is 0 Å². The van der Waals surface area contributed by atoms with E-state index in [0.29, 0.717) is 32.2 Å². The highest BCUT2D eigenvalue weighted by Crippen LogP contribution is 2.11. The normalized spacial score (nSPS) is 12.0. The summed E-state index contributed by atoms with van der Waals surface area (Å²) in [4.78, 5) is 4.74. The van der Waals surface area contributed by atoms with Crippen molar-refractivity contribution in [2.75, 3.05) is 33.4 Å². The third-order valence-corrected chi connectivity index (χ3v) is 5.69. The monoisotopic (exact) mass is 436 g/mol. The summed E-state index contributed by atoms with van der Waals surface area (Å²) in [6.07, 6.45) is 0.743. The van der Waals surface area contributed by atoms with Crippen molar-refractivity contribution in [2.45, 2.75) is 24.8 Å². The molecule has 30 heavy (non-hydrogen) atoms. The minimum atomic E-state index is -3.54. The van der Waals surface area contributed by atoms with Crippen LogP contribution < -0.4 is 15.4 Å². The molecule has 0 saturated heterocycles. The zero-order valence-corrected chi connectivity index (χ0v) is 18.1. The number of nitrogens with zero attached hydrogens (tertiary/aromatic N) is 1. The van der Waals surface area contributed by atoms with E-state index < -0.39 is 10.0 Å². The molecule has 0 fully saturated rings. The fraction of sp³-hybridized carbons (Fsp3) is 0.381. The van der Waals surface area contributed by atoms with E-state index in [1.54, 1.807) is 36.4 Å². The van der Waals surface area contributed by atoms with Crippen LogP contribution in [0.4, 0.5) is 4.39 Å². The van der Waals surface area contributed by atoms with Crippen LogP contribution in [0.3, 0.4) is 0 Å². The van der Waals surface area contributed by atoms with Crippen LogP contribution in [0, 0.1) is 5.82 Å². The lowest BCUT2D eigenvalue weighted by Gasteiger charge is -2.11. The molecule has 0 heterocycles. The molecule has 0 amide bonds. The molecule has 0 unspecified atom stereocenters. The molecule has 0 bridgehead atoms. The first-order chi connectivity index (χ1) is 14.4. The zero-order chi connectivity index (χ0) is 21.8. The van der Waals surface area contributed by atoms with Gasteiger partial charge in [-0.1, -0.05) is 24.3 Å². The lowest BCUT2D eigenvalue weighted by molar-refractivity contribution is 0.204. The van der Waals surface area contributed by atoms with Crippen LogP contribution in [0.1, 0.15) is 18.1 Å². The van der Waals surface area contributed by atoms with Crippen LogP contribution in [-0.2, 0) is 27.7 Å². The van der Waals surface area contributed by atoms with Crippen LogP contribution in [0.15, 0.2) is 58.4 Å². The van der Waals surface area contributed by atoms with E-state index in [0.717, 1.165) is 17.5 Å². The topological polar surface area (TPSA) is 91.8 Å². The summed E-state index contributed by atoms with van der Waals surface area (Å²) in [6, 6.07) is 13.1. The highest BCUT2D eigenvalue weighted by atomic mass is 32.2. The molecule has 0 aliphatic carbocycles. The Morgan fingerprint density at radius 2 is 1.67 bits per heavy atom. The lowest BCUT2D eigenvalue weighted by atomic mass is 10.1. The summed E-state index contributed by atoms with van der Waals surface area (Å²) in [6.45, 7) is 4.29. The molecule has 0 aliphatic heterocycles. The van der Waals surface area contributed by atoms with Gasteiger partial charge in [0.05, 0.1) is 18.0 Å². The van der Waals surface area contributed by atoms with Gasteiger partial charge in [0.15, 0.2) is 5.96 Å². The third-order valence-electron chi connectivity index (χ3n) is 4.22. The number of benzene rings is 2. The van der Waals surface area contributed by atoms with Gasteiger partial charge in [0, 0.05) is 26.7 Å². The lowest BCUT2D eigenvalue weighted by Crippen LogP contribution is -2.38. The largest absolute Gasteiger partial charge is 0.383 e. The van der Waals surface area contributed by atoms with Gasteiger partial charge in [-0.3, -0.25) is 0 Å². The molecule has 0 atom stereocenters. The SMILES string of the molecule is CCNC(=NCc1ccc(S(=O)(=O)NCCOC)cc1)NCCc1ccc(F)cc1. The number of nitrogens with one attached hydrogen (secondary N) is 3. The average molecular weight is 437 g/mol. The van der Waals surface area contributed by atoms with Crippen molar-refractivity contribution in [1.82, 2.24) is 15.4 Å². The van der Waals surface area contributed by atoms with E-state index in [9.17, 15) is 12.8 Å².